The van der Waals surface area contributed by atoms with Gasteiger partial charge in [0.25, 0.3) is 0 Å². The van der Waals surface area contributed by atoms with Gasteiger partial charge in [-0.1, -0.05) is 30.3 Å². The molecule has 2 rings (SSSR count). The molecule has 0 saturated heterocycles. The zero-order valence-corrected chi connectivity index (χ0v) is 14.0. The maximum atomic E-state index is 12.2. The van der Waals surface area contributed by atoms with Crippen LogP contribution in [0.2, 0.25) is 0 Å². The van der Waals surface area contributed by atoms with Crippen LogP contribution >= 0.6 is 0 Å². The molecule has 1 atom stereocenters. The fourth-order valence-electron chi connectivity index (χ4n) is 2.72. The first-order chi connectivity index (χ1) is 11.1. The van der Waals surface area contributed by atoms with Gasteiger partial charge in [0, 0.05) is 32.6 Å². The summed E-state index contributed by atoms with van der Waals surface area (Å²) in [6.07, 6.45) is 2.52. The average molecular weight is 317 g/mol. The fraction of sp³-hybridized carbons (Fsp3) is 0.556. The highest BCUT2D eigenvalue weighted by molar-refractivity contribution is 5.78. The van der Waals surface area contributed by atoms with Crippen LogP contribution < -0.4 is 10.6 Å². The molecule has 5 heteroatoms. The normalized spacial score (nSPS) is 15.3. The van der Waals surface area contributed by atoms with Crippen molar-refractivity contribution in [3.8, 4) is 0 Å². The molecule has 0 aromatic heterocycles. The highest BCUT2D eigenvalue weighted by atomic mass is 16.2. The third-order valence-electron chi connectivity index (χ3n) is 4.28. The molecular formula is C18H27N3O2. The summed E-state index contributed by atoms with van der Waals surface area (Å²) in [6.45, 7) is 5.81. The van der Waals surface area contributed by atoms with Crippen LogP contribution in [0.15, 0.2) is 30.3 Å². The summed E-state index contributed by atoms with van der Waals surface area (Å²) < 4.78 is 0. The maximum Gasteiger partial charge on any atom is 0.234 e. The van der Waals surface area contributed by atoms with E-state index in [0.717, 1.165) is 6.54 Å². The monoisotopic (exact) mass is 317 g/mol. The van der Waals surface area contributed by atoms with Crippen LogP contribution in [-0.4, -0.2) is 42.4 Å². The second kappa shape index (κ2) is 8.67. The molecular weight excluding hydrogens is 290 g/mol. The molecule has 1 aliphatic carbocycles. The Labute approximate surface area is 138 Å². The lowest BCUT2D eigenvalue weighted by Crippen LogP contribution is -2.44. The van der Waals surface area contributed by atoms with Crippen molar-refractivity contribution in [3.05, 3.63) is 35.9 Å². The quantitative estimate of drug-likeness (QED) is 0.679. The molecule has 0 spiro atoms. The van der Waals surface area contributed by atoms with E-state index >= 15 is 0 Å². The van der Waals surface area contributed by atoms with Crippen molar-refractivity contribution in [2.24, 2.45) is 5.92 Å². The molecule has 1 saturated carbocycles. The van der Waals surface area contributed by atoms with Crippen molar-refractivity contribution in [2.75, 3.05) is 19.6 Å². The first-order valence-electron chi connectivity index (χ1n) is 8.35. The van der Waals surface area contributed by atoms with E-state index in [1.807, 2.05) is 18.2 Å². The van der Waals surface area contributed by atoms with E-state index in [-0.39, 0.29) is 11.8 Å². The number of rotatable bonds is 9. The van der Waals surface area contributed by atoms with Crippen LogP contribution in [0, 0.1) is 5.92 Å². The Morgan fingerprint density at radius 3 is 2.43 bits per heavy atom. The molecule has 23 heavy (non-hydrogen) atoms. The summed E-state index contributed by atoms with van der Waals surface area (Å²) in [6, 6.07) is 10.7. The van der Waals surface area contributed by atoms with E-state index in [1.54, 1.807) is 0 Å². The smallest absolute Gasteiger partial charge is 0.234 e. The number of carbonyl (C=O) groups is 2. The molecule has 2 N–H and O–H groups in total. The average Bonchev–Trinajstić information content (AvgIpc) is 3.36. The van der Waals surface area contributed by atoms with Crippen molar-refractivity contribution in [1.82, 2.24) is 15.5 Å². The van der Waals surface area contributed by atoms with Gasteiger partial charge in [0.1, 0.15) is 0 Å². The Bertz CT molecular complexity index is 514. The molecule has 0 radical (unpaired) electrons. The molecule has 0 heterocycles. The van der Waals surface area contributed by atoms with E-state index < -0.39 is 0 Å². The molecule has 0 bridgehead atoms. The second-order valence-electron chi connectivity index (χ2n) is 6.30. The number of hydrogen-bond acceptors (Lipinski definition) is 3. The summed E-state index contributed by atoms with van der Waals surface area (Å²) in [4.78, 5) is 25.2. The maximum absolute atomic E-state index is 12.2. The molecule has 1 aromatic rings. The van der Waals surface area contributed by atoms with Crippen molar-refractivity contribution < 1.29 is 9.59 Å². The summed E-state index contributed by atoms with van der Waals surface area (Å²) in [5.74, 6) is 0.650. The SMILES string of the molecule is CC(=O)NCCNC(=O)CN(Cc1ccccc1)C(C)C1CC1. The van der Waals surface area contributed by atoms with Crippen molar-refractivity contribution in [3.63, 3.8) is 0 Å². The molecule has 1 aliphatic rings. The van der Waals surface area contributed by atoms with Crippen LogP contribution in [-0.2, 0) is 16.1 Å². The Morgan fingerprint density at radius 2 is 1.83 bits per heavy atom. The van der Waals surface area contributed by atoms with Gasteiger partial charge in [0.15, 0.2) is 0 Å². The van der Waals surface area contributed by atoms with E-state index in [4.69, 9.17) is 0 Å². The van der Waals surface area contributed by atoms with Gasteiger partial charge in [-0.05, 0) is 31.2 Å². The minimum Gasteiger partial charge on any atom is -0.355 e. The van der Waals surface area contributed by atoms with Crippen LogP contribution in [0.3, 0.4) is 0 Å². The van der Waals surface area contributed by atoms with Gasteiger partial charge >= 0.3 is 0 Å². The van der Waals surface area contributed by atoms with Crippen LogP contribution in [0.1, 0.15) is 32.3 Å². The lowest BCUT2D eigenvalue weighted by molar-refractivity contribution is -0.123. The largest absolute Gasteiger partial charge is 0.355 e. The number of benzene rings is 1. The zero-order valence-electron chi connectivity index (χ0n) is 14.0. The topological polar surface area (TPSA) is 61.4 Å². The standard InChI is InChI=1S/C18H27N3O2/c1-14(17-8-9-17)21(12-16-6-4-3-5-7-16)13-18(23)20-11-10-19-15(2)22/h3-7,14,17H,8-13H2,1-2H3,(H,19,22)(H,20,23). The van der Waals surface area contributed by atoms with Gasteiger partial charge in [-0.15, -0.1) is 0 Å². The molecule has 5 nitrogen and oxygen atoms in total. The Balaban J connectivity index is 1.84. The molecule has 0 aliphatic heterocycles. The van der Waals surface area contributed by atoms with Crippen LogP contribution in [0.4, 0.5) is 0 Å². The molecule has 1 unspecified atom stereocenters. The van der Waals surface area contributed by atoms with Gasteiger partial charge in [-0.2, -0.15) is 0 Å². The predicted octanol–water partition coefficient (Wildman–Crippen LogP) is 1.54. The minimum absolute atomic E-state index is 0.0128. The third-order valence-corrected chi connectivity index (χ3v) is 4.28. The zero-order chi connectivity index (χ0) is 16.7. The number of amides is 2. The van der Waals surface area contributed by atoms with Gasteiger partial charge < -0.3 is 10.6 Å². The number of hydrogen-bond donors (Lipinski definition) is 2. The first-order valence-corrected chi connectivity index (χ1v) is 8.35. The van der Waals surface area contributed by atoms with Crippen molar-refractivity contribution in [1.29, 1.82) is 0 Å². The number of nitrogens with one attached hydrogen (secondary N) is 2. The van der Waals surface area contributed by atoms with Crippen molar-refractivity contribution in [2.45, 2.75) is 39.3 Å². The molecule has 1 fully saturated rings. The number of carbonyl (C=O) groups excluding carboxylic acids is 2. The summed E-state index contributed by atoms with van der Waals surface area (Å²) in [5.41, 5.74) is 1.23. The van der Waals surface area contributed by atoms with Crippen LogP contribution in [0.5, 0.6) is 0 Å². The first kappa shape index (κ1) is 17.5. The van der Waals surface area contributed by atoms with Gasteiger partial charge in [-0.3, -0.25) is 14.5 Å². The van der Waals surface area contributed by atoms with Gasteiger partial charge in [-0.25, -0.2) is 0 Å². The Kier molecular flexibility index (Phi) is 6.59. The highest BCUT2D eigenvalue weighted by Crippen LogP contribution is 2.35. The second-order valence-corrected chi connectivity index (χ2v) is 6.30. The summed E-state index contributed by atoms with van der Waals surface area (Å²) in [5, 5.41) is 5.55. The molecule has 2 amide bonds. The number of nitrogens with zero attached hydrogens (tertiary/aromatic N) is 1. The van der Waals surface area contributed by atoms with Gasteiger partial charge in [0.05, 0.1) is 6.54 Å². The lowest BCUT2D eigenvalue weighted by atomic mass is 10.1. The predicted molar refractivity (Wildman–Crippen MR) is 90.7 cm³/mol. The summed E-state index contributed by atoms with van der Waals surface area (Å²) in [7, 11) is 0. The van der Waals surface area contributed by atoms with Crippen molar-refractivity contribution >= 4 is 11.8 Å². The summed E-state index contributed by atoms with van der Waals surface area (Å²) >= 11 is 0. The highest BCUT2D eigenvalue weighted by Gasteiger charge is 2.32. The van der Waals surface area contributed by atoms with E-state index in [9.17, 15) is 9.59 Å². The van der Waals surface area contributed by atoms with E-state index in [0.29, 0.717) is 31.6 Å². The Morgan fingerprint density at radius 1 is 1.17 bits per heavy atom. The third kappa shape index (κ3) is 6.40. The fourth-order valence-corrected chi connectivity index (χ4v) is 2.72. The molecule has 1 aromatic carbocycles. The van der Waals surface area contributed by atoms with E-state index in [2.05, 4.69) is 34.6 Å². The van der Waals surface area contributed by atoms with Crippen LogP contribution in [0.25, 0.3) is 0 Å². The lowest BCUT2D eigenvalue weighted by Gasteiger charge is -2.28. The van der Waals surface area contributed by atoms with E-state index in [1.165, 1.54) is 25.3 Å². The Hall–Kier alpha value is -1.88. The minimum atomic E-state index is -0.0766. The molecule has 126 valence electrons. The van der Waals surface area contributed by atoms with Gasteiger partial charge in [0.2, 0.25) is 11.8 Å².